The summed E-state index contributed by atoms with van der Waals surface area (Å²) in [5, 5.41) is 14.6. The number of fused-ring (bicyclic) bond motifs is 2. The number of pyridine rings is 1. The average Bonchev–Trinajstić information content (AvgIpc) is 4.14. The van der Waals surface area contributed by atoms with Gasteiger partial charge in [-0.05, 0) is 97.9 Å². The smallest absolute Gasteiger partial charge is 0.407 e. The van der Waals surface area contributed by atoms with E-state index in [9.17, 15) is 32.7 Å². The van der Waals surface area contributed by atoms with Gasteiger partial charge in [0.1, 0.15) is 29.6 Å². The van der Waals surface area contributed by atoms with Crippen molar-refractivity contribution in [2.75, 3.05) is 42.7 Å². The van der Waals surface area contributed by atoms with Crippen LogP contribution < -0.4 is 19.8 Å². The number of ether oxygens (including phenoxy) is 1. The second kappa shape index (κ2) is 18.4. The maximum Gasteiger partial charge on any atom is 0.407 e. The van der Waals surface area contributed by atoms with E-state index in [4.69, 9.17) is 14.7 Å². The van der Waals surface area contributed by atoms with Crippen LogP contribution in [0.3, 0.4) is 0 Å². The average molecular weight is 926 g/mol. The number of hydrogen-bond donors (Lipinski definition) is 5. The topological polar surface area (TPSA) is 239 Å². The van der Waals surface area contributed by atoms with Gasteiger partial charge in [0, 0.05) is 20.1 Å². The monoisotopic (exact) mass is 925 g/mol. The molecule has 3 aromatic heterocycles. The quantitative estimate of drug-likeness (QED) is 0.0873. The highest BCUT2D eigenvalue weighted by Crippen LogP contribution is 2.48. The minimum atomic E-state index is -3.54. The number of alkyl carbamates (subject to hydrolysis) is 1. The third kappa shape index (κ3) is 9.06. The number of methoxy groups -OCH3 is 1. The third-order valence-electron chi connectivity index (χ3n) is 13.4. The first-order valence-corrected chi connectivity index (χ1v) is 24.4. The fourth-order valence-electron chi connectivity index (χ4n) is 9.87. The summed E-state index contributed by atoms with van der Waals surface area (Å²) < 4.78 is 30.8. The number of aromatic amines is 2. The van der Waals surface area contributed by atoms with Gasteiger partial charge >= 0.3 is 12.2 Å². The normalized spacial score (nSPS) is 21.0. The number of rotatable bonds is 13. The first kappa shape index (κ1) is 46.1. The molecule has 5 N–H and O–H groups in total. The van der Waals surface area contributed by atoms with Crippen LogP contribution in [0.2, 0.25) is 0 Å². The van der Waals surface area contributed by atoms with Crippen molar-refractivity contribution >= 4 is 67.6 Å². The molecule has 3 fully saturated rings. The van der Waals surface area contributed by atoms with Crippen LogP contribution in [0.5, 0.6) is 0 Å². The molecule has 0 aliphatic carbocycles. The molecule has 5 aromatic rings. The van der Waals surface area contributed by atoms with Crippen molar-refractivity contribution in [3.63, 3.8) is 0 Å². The van der Waals surface area contributed by atoms with Gasteiger partial charge in [-0.1, -0.05) is 39.8 Å². The van der Waals surface area contributed by atoms with Crippen LogP contribution in [-0.2, 0) is 24.3 Å². The molecule has 8 rings (SSSR count). The molecule has 20 heteroatoms. The van der Waals surface area contributed by atoms with Crippen molar-refractivity contribution in [1.29, 1.82) is 0 Å². The van der Waals surface area contributed by atoms with Crippen LogP contribution in [0, 0.1) is 11.8 Å². The zero-order valence-electron chi connectivity index (χ0n) is 38.3. The second-order valence-electron chi connectivity index (χ2n) is 18.3. The Kier molecular flexibility index (Phi) is 12.9. The van der Waals surface area contributed by atoms with E-state index in [-0.39, 0.29) is 47.8 Å². The molecule has 19 nitrogen and oxygen atoms in total. The number of carbonyl (C=O) groups is 4. The molecular weight excluding hydrogens is 867 g/mol. The van der Waals surface area contributed by atoms with E-state index < -0.39 is 34.3 Å². The SMILES string of the molecule is COC(=O)N[C@H](C(=O)N1CCCC1c1nc2ccc([C@H]3CC[C@H](c4ccc5nc([C@@H]6CCCN6C(=O)[C@@H](NC(=O)O)C(C)C)[nH]c5c4)N3c3ccc(N(C)S(C)(=O)=O)nc3)cc2[nH]1)C(C)C. The number of benzene rings is 2. The molecular formula is C46H59N11O8S. The van der Waals surface area contributed by atoms with Crippen molar-refractivity contribution in [1.82, 2.24) is 45.4 Å². The zero-order chi connectivity index (χ0) is 47.2. The number of hydrogen-bond acceptors (Lipinski definition) is 11. The van der Waals surface area contributed by atoms with Crippen LogP contribution >= 0.6 is 0 Å². The summed E-state index contributed by atoms with van der Waals surface area (Å²) in [5.74, 6) is 0.781. The van der Waals surface area contributed by atoms with Gasteiger partial charge in [0.2, 0.25) is 21.8 Å². The first-order chi connectivity index (χ1) is 31.4. The van der Waals surface area contributed by atoms with E-state index >= 15 is 0 Å². The van der Waals surface area contributed by atoms with Crippen LogP contribution in [0.15, 0.2) is 54.7 Å². The number of amides is 4. The molecule has 0 radical (unpaired) electrons. The number of nitrogens with zero attached hydrogens (tertiary/aromatic N) is 7. The predicted molar refractivity (Wildman–Crippen MR) is 248 cm³/mol. The fraction of sp³-hybridized carbons (Fsp3) is 0.500. The maximum atomic E-state index is 13.9. The lowest BCUT2D eigenvalue weighted by molar-refractivity contribution is -0.136. The van der Waals surface area contributed by atoms with E-state index in [1.807, 2.05) is 45.9 Å². The molecule has 2 aromatic carbocycles. The maximum absolute atomic E-state index is 13.9. The summed E-state index contributed by atoms with van der Waals surface area (Å²) in [4.78, 5) is 78.7. The number of H-pyrrole nitrogens is 2. The summed E-state index contributed by atoms with van der Waals surface area (Å²) >= 11 is 0. The molecule has 3 saturated heterocycles. The minimum Gasteiger partial charge on any atom is -0.465 e. The molecule has 0 bridgehead atoms. The van der Waals surface area contributed by atoms with Gasteiger partial charge in [0.15, 0.2) is 0 Å². The Morgan fingerprint density at radius 2 is 1.26 bits per heavy atom. The van der Waals surface area contributed by atoms with Crippen LogP contribution in [-0.4, -0.2) is 118 Å². The van der Waals surface area contributed by atoms with Crippen molar-refractivity contribution < 1.29 is 37.4 Å². The molecule has 4 amide bonds. The number of carbonyl (C=O) groups excluding carboxylic acids is 3. The highest BCUT2D eigenvalue weighted by molar-refractivity contribution is 7.92. The Bertz CT molecular complexity index is 2740. The standard InChI is InChI=1S/C46H59N11O8S/c1-25(2)39(52-45(60)61)43(58)55-20-8-10-36(55)41-48-30-15-12-27(22-32(30)50-41)34-17-18-35(57(34)29-14-19-38(47-24-29)54(5)66(7,63)64)28-13-16-31-33(23-28)51-42(49-31)37-11-9-21-56(37)44(59)40(26(3)4)53-46(62)65-6/h12-16,19,22-26,34-37,39-40,52H,8-11,17-18,20-21H2,1-7H3,(H,48,50)(H,49,51)(H,53,62)(H,60,61)/t34-,35-,36+,37?,39+,40+/m1/s1. The molecule has 0 spiro atoms. The van der Waals surface area contributed by atoms with Gasteiger partial charge in [0.25, 0.3) is 0 Å². The van der Waals surface area contributed by atoms with E-state index in [1.165, 1.54) is 14.2 Å². The molecule has 1 unspecified atom stereocenters. The number of nitrogens with one attached hydrogen (secondary N) is 4. The molecule has 66 heavy (non-hydrogen) atoms. The summed E-state index contributed by atoms with van der Waals surface area (Å²) in [7, 11) is -0.795. The van der Waals surface area contributed by atoms with Crippen molar-refractivity contribution in [2.45, 2.75) is 102 Å². The van der Waals surface area contributed by atoms with Crippen LogP contribution in [0.1, 0.15) is 113 Å². The minimum absolute atomic E-state index is 0.119. The lowest BCUT2D eigenvalue weighted by atomic mass is 10.0. The summed E-state index contributed by atoms with van der Waals surface area (Å²) in [6, 6.07) is 13.4. The zero-order valence-corrected chi connectivity index (χ0v) is 39.1. The summed E-state index contributed by atoms with van der Waals surface area (Å²) in [6.07, 6.45) is 5.48. The lowest BCUT2D eigenvalue weighted by Crippen LogP contribution is -2.51. The number of aromatic nitrogens is 5. The number of sulfonamides is 1. The van der Waals surface area contributed by atoms with Crippen LogP contribution in [0.25, 0.3) is 22.1 Å². The van der Waals surface area contributed by atoms with Crippen LogP contribution in [0.4, 0.5) is 21.1 Å². The molecule has 0 saturated carbocycles. The highest BCUT2D eigenvalue weighted by Gasteiger charge is 2.40. The molecule has 3 aliphatic heterocycles. The van der Waals surface area contributed by atoms with Crippen molar-refractivity contribution in [3.05, 3.63) is 77.5 Å². The van der Waals surface area contributed by atoms with Gasteiger partial charge < -0.3 is 45.1 Å². The number of anilines is 2. The summed E-state index contributed by atoms with van der Waals surface area (Å²) in [6.45, 7) is 8.45. The van der Waals surface area contributed by atoms with E-state index in [0.29, 0.717) is 37.0 Å². The first-order valence-electron chi connectivity index (χ1n) is 22.6. The summed E-state index contributed by atoms with van der Waals surface area (Å²) in [5.41, 5.74) is 6.01. The van der Waals surface area contributed by atoms with E-state index in [2.05, 4.69) is 54.8 Å². The van der Waals surface area contributed by atoms with Crippen molar-refractivity contribution in [3.8, 4) is 0 Å². The Balaban J connectivity index is 1.10. The van der Waals surface area contributed by atoms with Gasteiger partial charge in [-0.3, -0.25) is 13.9 Å². The molecule has 6 heterocycles. The van der Waals surface area contributed by atoms with Gasteiger partial charge in [-0.2, -0.15) is 0 Å². The van der Waals surface area contributed by atoms with Crippen molar-refractivity contribution in [2.24, 2.45) is 11.8 Å². The van der Waals surface area contributed by atoms with E-state index in [1.54, 1.807) is 22.1 Å². The number of imidazole rings is 2. The second-order valence-corrected chi connectivity index (χ2v) is 20.3. The fourth-order valence-corrected chi connectivity index (χ4v) is 10.3. The Morgan fingerprint density at radius 1 is 0.758 bits per heavy atom. The molecule has 6 atom stereocenters. The van der Waals surface area contributed by atoms with Gasteiger partial charge in [-0.25, -0.2) is 33.0 Å². The van der Waals surface area contributed by atoms with Gasteiger partial charge in [0.05, 0.1) is 71.5 Å². The predicted octanol–water partition coefficient (Wildman–Crippen LogP) is 6.31. The van der Waals surface area contributed by atoms with E-state index in [0.717, 1.165) is 81.5 Å². The Labute approximate surface area is 383 Å². The molecule has 3 aliphatic rings. The third-order valence-corrected chi connectivity index (χ3v) is 14.5. The number of carboxylic acid groups (broad SMARTS) is 1. The Hall–Kier alpha value is -6.44. The Morgan fingerprint density at radius 3 is 1.68 bits per heavy atom. The van der Waals surface area contributed by atoms with Gasteiger partial charge in [-0.15, -0.1) is 0 Å². The largest absolute Gasteiger partial charge is 0.465 e. The lowest BCUT2D eigenvalue weighted by Gasteiger charge is -2.33. The number of likely N-dealkylation sites (tertiary alicyclic amines) is 2. The highest BCUT2D eigenvalue weighted by atomic mass is 32.2. The molecule has 352 valence electrons.